The van der Waals surface area contributed by atoms with Crippen molar-refractivity contribution in [3.05, 3.63) is 0 Å². The van der Waals surface area contributed by atoms with Crippen LogP contribution < -0.4 is 0 Å². The van der Waals surface area contributed by atoms with E-state index < -0.39 is 6.10 Å². The van der Waals surface area contributed by atoms with Crippen molar-refractivity contribution in [3.63, 3.8) is 0 Å². The van der Waals surface area contributed by atoms with Crippen LogP contribution in [0.2, 0.25) is 0 Å². The minimum absolute atomic E-state index is 0.0681. The maximum atomic E-state index is 12.6. The Bertz CT molecular complexity index is 761. The van der Waals surface area contributed by atoms with Crippen LogP contribution in [0.1, 0.15) is 221 Å². The molecule has 0 saturated carbocycles. The number of carbonyl (C=O) groups is 3. The molecule has 6 nitrogen and oxygen atoms in total. The second kappa shape index (κ2) is 34.8. The third-order valence-electron chi connectivity index (χ3n) is 9.40. The Morgan fingerprint density at radius 3 is 0.878 bits per heavy atom. The number of hydrogen-bond acceptors (Lipinski definition) is 6. The molecule has 6 heteroatoms. The Morgan fingerprint density at radius 1 is 0.347 bits per heavy atom. The quantitative estimate of drug-likeness (QED) is 0.0369. The summed E-state index contributed by atoms with van der Waals surface area (Å²) in [5.41, 5.74) is 0. The molecule has 0 rings (SSSR count). The van der Waals surface area contributed by atoms with Gasteiger partial charge in [-0.3, -0.25) is 14.4 Å². The van der Waals surface area contributed by atoms with Crippen molar-refractivity contribution < 1.29 is 28.6 Å². The Morgan fingerprint density at radius 2 is 0.592 bits per heavy atom. The lowest BCUT2D eigenvalue weighted by atomic mass is 10.0. The minimum atomic E-state index is -0.761. The summed E-state index contributed by atoms with van der Waals surface area (Å²) in [5, 5.41) is 0. The highest BCUT2D eigenvalue weighted by Crippen LogP contribution is 2.16. The first-order chi connectivity index (χ1) is 23.6. The van der Waals surface area contributed by atoms with E-state index in [1.165, 1.54) is 103 Å². The molecular weight excluding hydrogens is 612 g/mol. The molecule has 0 aromatic heterocycles. The molecule has 0 radical (unpaired) electrons. The molecule has 1 atom stereocenters. The molecular formula is C43H82O6. The average Bonchev–Trinajstić information content (AvgIpc) is 3.04. The number of carbonyl (C=O) groups excluding carboxylic acids is 3. The van der Waals surface area contributed by atoms with Gasteiger partial charge < -0.3 is 14.2 Å². The zero-order valence-electron chi connectivity index (χ0n) is 33.5. The number of unbranched alkanes of at least 4 members (excludes halogenated alkanes) is 19. The van der Waals surface area contributed by atoms with Crippen molar-refractivity contribution in [2.24, 2.45) is 17.8 Å². The van der Waals surface area contributed by atoms with E-state index in [2.05, 4.69) is 41.5 Å². The molecule has 0 unspecified atom stereocenters. The zero-order valence-corrected chi connectivity index (χ0v) is 33.5. The van der Waals surface area contributed by atoms with Gasteiger partial charge in [0.05, 0.1) is 0 Å². The second-order valence-electron chi connectivity index (χ2n) is 16.1. The number of ether oxygens (including phenoxy) is 3. The average molecular weight is 695 g/mol. The molecule has 290 valence electrons. The van der Waals surface area contributed by atoms with Crippen molar-refractivity contribution in [3.8, 4) is 0 Å². The molecule has 0 aromatic carbocycles. The van der Waals surface area contributed by atoms with Gasteiger partial charge in [0.15, 0.2) is 6.10 Å². The molecule has 49 heavy (non-hydrogen) atoms. The molecule has 0 saturated heterocycles. The summed E-state index contributed by atoms with van der Waals surface area (Å²) in [6.45, 7) is 13.5. The van der Waals surface area contributed by atoms with E-state index in [9.17, 15) is 14.4 Å². The van der Waals surface area contributed by atoms with E-state index >= 15 is 0 Å². The molecule has 0 bridgehead atoms. The standard InChI is InChI=1S/C43H82O6/c1-37(2)29-23-17-11-8-7-9-13-20-26-32-41(44)47-35-40(49-43(46)34-28-22-16-15-19-25-31-39(5)6)36-48-42(45)33-27-21-14-10-12-18-24-30-38(3)4/h37-40H,7-36H2,1-6H3/t40-/m0/s1. The van der Waals surface area contributed by atoms with Gasteiger partial charge >= 0.3 is 17.9 Å². The van der Waals surface area contributed by atoms with Crippen LogP contribution in [0.3, 0.4) is 0 Å². The SMILES string of the molecule is CC(C)CCCCCCCCCCCC(=O)OC[C@@H](COC(=O)CCCCCCCCCC(C)C)OC(=O)CCCCCCCCC(C)C. The van der Waals surface area contributed by atoms with Crippen LogP contribution >= 0.6 is 0 Å². The van der Waals surface area contributed by atoms with E-state index in [1.807, 2.05) is 0 Å². The molecule has 0 amide bonds. The highest BCUT2D eigenvalue weighted by Gasteiger charge is 2.19. The van der Waals surface area contributed by atoms with Gasteiger partial charge in [0.25, 0.3) is 0 Å². The maximum absolute atomic E-state index is 12.6. The smallest absolute Gasteiger partial charge is 0.306 e. The van der Waals surface area contributed by atoms with Gasteiger partial charge in [-0.05, 0) is 37.0 Å². The van der Waals surface area contributed by atoms with Crippen molar-refractivity contribution in [1.82, 2.24) is 0 Å². The molecule has 0 heterocycles. The van der Waals surface area contributed by atoms with Crippen LogP contribution in [-0.2, 0) is 28.6 Å². The molecule has 0 aliphatic carbocycles. The van der Waals surface area contributed by atoms with Crippen LogP contribution in [-0.4, -0.2) is 37.2 Å². The van der Waals surface area contributed by atoms with Crippen LogP contribution in [0, 0.1) is 17.8 Å². The topological polar surface area (TPSA) is 78.9 Å². The van der Waals surface area contributed by atoms with Crippen molar-refractivity contribution >= 4 is 17.9 Å². The van der Waals surface area contributed by atoms with E-state index in [-0.39, 0.29) is 31.1 Å². The van der Waals surface area contributed by atoms with Crippen LogP contribution in [0.15, 0.2) is 0 Å². The van der Waals surface area contributed by atoms with Crippen LogP contribution in [0.4, 0.5) is 0 Å². The van der Waals surface area contributed by atoms with Gasteiger partial charge in [0.2, 0.25) is 0 Å². The summed E-state index contributed by atoms with van der Waals surface area (Å²) >= 11 is 0. The van der Waals surface area contributed by atoms with Crippen molar-refractivity contribution in [2.75, 3.05) is 13.2 Å². The highest BCUT2D eigenvalue weighted by atomic mass is 16.6. The number of hydrogen-bond donors (Lipinski definition) is 0. The lowest BCUT2D eigenvalue weighted by Gasteiger charge is -2.18. The van der Waals surface area contributed by atoms with Gasteiger partial charge in [-0.2, -0.15) is 0 Å². The maximum Gasteiger partial charge on any atom is 0.306 e. The van der Waals surface area contributed by atoms with E-state index in [1.54, 1.807) is 0 Å². The zero-order chi connectivity index (χ0) is 36.4. The number of rotatable bonds is 36. The lowest BCUT2D eigenvalue weighted by Crippen LogP contribution is -2.30. The molecule has 0 fully saturated rings. The molecule has 0 spiro atoms. The monoisotopic (exact) mass is 695 g/mol. The molecule has 0 N–H and O–H groups in total. The van der Waals surface area contributed by atoms with Gasteiger partial charge in [-0.25, -0.2) is 0 Å². The normalized spacial score (nSPS) is 12.2. The van der Waals surface area contributed by atoms with Crippen LogP contribution in [0.5, 0.6) is 0 Å². The minimum Gasteiger partial charge on any atom is -0.462 e. The van der Waals surface area contributed by atoms with Crippen molar-refractivity contribution in [1.29, 1.82) is 0 Å². The van der Waals surface area contributed by atoms with Gasteiger partial charge in [-0.1, -0.05) is 183 Å². The molecule has 0 aliphatic rings. The number of esters is 3. The largest absolute Gasteiger partial charge is 0.462 e. The third kappa shape index (κ3) is 37.5. The predicted octanol–water partition coefficient (Wildman–Crippen LogP) is 12.9. The Labute approximate surface area is 304 Å². The first-order valence-electron chi connectivity index (χ1n) is 21.1. The first-order valence-corrected chi connectivity index (χ1v) is 21.1. The third-order valence-corrected chi connectivity index (χ3v) is 9.40. The van der Waals surface area contributed by atoms with Crippen molar-refractivity contribution in [2.45, 2.75) is 227 Å². The summed E-state index contributed by atoms with van der Waals surface area (Å²) in [6, 6.07) is 0. The molecule has 0 aliphatic heterocycles. The van der Waals surface area contributed by atoms with Gasteiger partial charge in [0, 0.05) is 19.3 Å². The lowest BCUT2D eigenvalue weighted by molar-refractivity contribution is -0.167. The van der Waals surface area contributed by atoms with E-state index in [0.29, 0.717) is 19.3 Å². The Balaban J connectivity index is 4.34. The van der Waals surface area contributed by atoms with E-state index in [0.717, 1.165) is 75.5 Å². The summed E-state index contributed by atoms with van der Waals surface area (Å²) < 4.78 is 16.6. The second-order valence-corrected chi connectivity index (χ2v) is 16.1. The first kappa shape index (κ1) is 47.4. The predicted molar refractivity (Wildman–Crippen MR) is 206 cm³/mol. The summed E-state index contributed by atoms with van der Waals surface area (Å²) in [4.78, 5) is 37.5. The molecule has 0 aromatic rings. The summed E-state index contributed by atoms with van der Waals surface area (Å²) in [5.74, 6) is 1.47. The summed E-state index contributed by atoms with van der Waals surface area (Å²) in [6.07, 6.45) is 29.7. The Kier molecular flexibility index (Phi) is 33.7. The van der Waals surface area contributed by atoms with Gasteiger partial charge in [-0.15, -0.1) is 0 Å². The highest BCUT2D eigenvalue weighted by molar-refractivity contribution is 5.71. The van der Waals surface area contributed by atoms with Gasteiger partial charge in [0.1, 0.15) is 13.2 Å². The van der Waals surface area contributed by atoms with E-state index in [4.69, 9.17) is 14.2 Å². The fourth-order valence-corrected chi connectivity index (χ4v) is 6.17. The fraction of sp³-hybridized carbons (Fsp3) is 0.930. The summed E-state index contributed by atoms with van der Waals surface area (Å²) in [7, 11) is 0. The van der Waals surface area contributed by atoms with Crippen LogP contribution in [0.25, 0.3) is 0 Å². The fourth-order valence-electron chi connectivity index (χ4n) is 6.17. The Hall–Kier alpha value is -1.59.